The Hall–Kier alpha value is -1.22. The largest absolute Gasteiger partial charge is 0.399 e. The van der Waals surface area contributed by atoms with Gasteiger partial charge in [0.2, 0.25) is 0 Å². The van der Waals surface area contributed by atoms with Crippen LogP contribution in [0, 0.1) is 6.92 Å². The first-order chi connectivity index (χ1) is 7.74. The van der Waals surface area contributed by atoms with Crippen molar-refractivity contribution in [2.75, 3.05) is 30.8 Å². The molecule has 0 spiro atoms. The minimum absolute atomic E-state index is 0.814. The number of nitrogens with one attached hydrogen (secondary N) is 1. The van der Waals surface area contributed by atoms with Crippen molar-refractivity contribution >= 4 is 11.4 Å². The van der Waals surface area contributed by atoms with Crippen LogP contribution in [0.3, 0.4) is 0 Å². The zero-order valence-electron chi connectivity index (χ0n) is 10.3. The third-order valence-corrected chi connectivity index (χ3v) is 2.38. The van der Waals surface area contributed by atoms with Gasteiger partial charge in [-0.25, -0.2) is 0 Å². The van der Waals surface area contributed by atoms with Crippen LogP contribution in [0.5, 0.6) is 0 Å². The summed E-state index contributed by atoms with van der Waals surface area (Å²) in [4.78, 5) is 0. The molecule has 0 aliphatic carbocycles. The Balaban J connectivity index is 2.21. The van der Waals surface area contributed by atoms with Crippen LogP contribution >= 0.6 is 0 Å². The normalized spacial score (nSPS) is 10.4. The molecule has 3 N–H and O–H groups in total. The average molecular weight is 222 g/mol. The summed E-state index contributed by atoms with van der Waals surface area (Å²) in [7, 11) is 0. The number of aryl methyl sites for hydroxylation is 1. The molecule has 0 aliphatic rings. The van der Waals surface area contributed by atoms with Gasteiger partial charge in [-0.05, 0) is 43.5 Å². The summed E-state index contributed by atoms with van der Waals surface area (Å²) in [5.74, 6) is 0. The van der Waals surface area contributed by atoms with Gasteiger partial charge in [-0.3, -0.25) is 0 Å². The first kappa shape index (κ1) is 12.8. The van der Waals surface area contributed by atoms with E-state index in [-0.39, 0.29) is 0 Å². The van der Waals surface area contributed by atoms with E-state index in [0.29, 0.717) is 0 Å². The number of benzene rings is 1. The molecule has 0 saturated carbocycles. The molecular weight excluding hydrogens is 200 g/mol. The molecule has 90 valence electrons. The molecule has 0 atom stereocenters. The number of ether oxygens (including phenoxy) is 1. The van der Waals surface area contributed by atoms with E-state index in [0.717, 1.165) is 44.0 Å². The highest BCUT2D eigenvalue weighted by Crippen LogP contribution is 2.17. The van der Waals surface area contributed by atoms with Gasteiger partial charge in [0, 0.05) is 31.1 Å². The maximum absolute atomic E-state index is 5.69. The smallest absolute Gasteiger partial charge is 0.0482 e. The van der Waals surface area contributed by atoms with Gasteiger partial charge < -0.3 is 15.8 Å². The third-order valence-electron chi connectivity index (χ3n) is 2.38. The van der Waals surface area contributed by atoms with Gasteiger partial charge in [0.25, 0.3) is 0 Å². The molecule has 0 heterocycles. The van der Waals surface area contributed by atoms with E-state index in [2.05, 4.69) is 19.2 Å². The average Bonchev–Trinajstić information content (AvgIpc) is 2.26. The number of hydrogen-bond donors (Lipinski definition) is 2. The number of rotatable bonds is 7. The molecule has 1 rings (SSSR count). The zero-order valence-corrected chi connectivity index (χ0v) is 10.3. The Morgan fingerprint density at radius 2 is 2.12 bits per heavy atom. The fraction of sp³-hybridized carbons (Fsp3) is 0.538. The topological polar surface area (TPSA) is 47.3 Å². The second-order valence-corrected chi connectivity index (χ2v) is 3.97. The van der Waals surface area contributed by atoms with E-state index in [1.165, 1.54) is 5.56 Å². The van der Waals surface area contributed by atoms with Crippen molar-refractivity contribution in [1.82, 2.24) is 0 Å². The lowest BCUT2D eigenvalue weighted by atomic mass is 10.2. The highest BCUT2D eigenvalue weighted by atomic mass is 16.5. The molecule has 0 aromatic heterocycles. The van der Waals surface area contributed by atoms with Crippen LogP contribution in [0.1, 0.15) is 25.3 Å². The SMILES string of the molecule is CCCOCCCNc1ccc(N)cc1C. The lowest BCUT2D eigenvalue weighted by Crippen LogP contribution is -2.07. The fourth-order valence-corrected chi connectivity index (χ4v) is 1.53. The molecule has 3 heteroatoms. The Kier molecular flexibility index (Phi) is 5.72. The van der Waals surface area contributed by atoms with Crippen molar-refractivity contribution < 1.29 is 4.74 Å². The van der Waals surface area contributed by atoms with E-state index in [9.17, 15) is 0 Å². The van der Waals surface area contributed by atoms with Gasteiger partial charge in [-0.2, -0.15) is 0 Å². The zero-order chi connectivity index (χ0) is 11.8. The summed E-state index contributed by atoms with van der Waals surface area (Å²) >= 11 is 0. The van der Waals surface area contributed by atoms with Crippen LogP contribution in [0.4, 0.5) is 11.4 Å². The van der Waals surface area contributed by atoms with Gasteiger partial charge in [0.15, 0.2) is 0 Å². The first-order valence-electron chi connectivity index (χ1n) is 5.91. The van der Waals surface area contributed by atoms with Crippen LogP contribution in [-0.2, 0) is 4.74 Å². The van der Waals surface area contributed by atoms with Crippen molar-refractivity contribution in [2.24, 2.45) is 0 Å². The molecule has 16 heavy (non-hydrogen) atoms. The Bertz CT molecular complexity index is 313. The van der Waals surface area contributed by atoms with E-state index in [4.69, 9.17) is 10.5 Å². The number of anilines is 2. The standard InChI is InChI=1S/C13H22N2O/c1-3-8-16-9-4-7-15-13-6-5-12(14)10-11(13)2/h5-6,10,15H,3-4,7-9,14H2,1-2H3. The first-order valence-corrected chi connectivity index (χ1v) is 5.91. The van der Waals surface area contributed by atoms with Crippen LogP contribution in [-0.4, -0.2) is 19.8 Å². The lowest BCUT2D eigenvalue weighted by Gasteiger charge is -2.10. The van der Waals surface area contributed by atoms with Crippen molar-refractivity contribution in [3.8, 4) is 0 Å². The van der Waals surface area contributed by atoms with Gasteiger partial charge in [0.05, 0.1) is 0 Å². The molecule has 0 bridgehead atoms. The molecule has 1 aromatic carbocycles. The van der Waals surface area contributed by atoms with Gasteiger partial charge in [0.1, 0.15) is 0 Å². The van der Waals surface area contributed by atoms with Gasteiger partial charge in [-0.15, -0.1) is 0 Å². The third kappa shape index (κ3) is 4.53. The van der Waals surface area contributed by atoms with Gasteiger partial charge in [-0.1, -0.05) is 6.92 Å². The summed E-state index contributed by atoms with van der Waals surface area (Å²) in [6.45, 7) is 6.81. The summed E-state index contributed by atoms with van der Waals surface area (Å²) in [6, 6.07) is 5.93. The molecule has 0 fully saturated rings. The van der Waals surface area contributed by atoms with Crippen LogP contribution in [0.2, 0.25) is 0 Å². The molecule has 0 unspecified atom stereocenters. The summed E-state index contributed by atoms with van der Waals surface area (Å²) in [5.41, 5.74) is 8.85. The quantitative estimate of drug-likeness (QED) is 0.551. The van der Waals surface area contributed by atoms with Crippen molar-refractivity contribution in [2.45, 2.75) is 26.7 Å². The van der Waals surface area contributed by atoms with E-state index >= 15 is 0 Å². The predicted molar refractivity (Wildman–Crippen MR) is 69.8 cm³/mol. The summed E-state index contributed by atoms with van der Waals surface area (Å²) < 4.78 is 5.41. The number of nitrogens with two attached hydrogens (primary N) is 1. The van der Waals surface area contributed by atoms with Crippen molar-refractivity contribution in [3.05, 3.63) is 23.8 Å². The maximum atomic E-state index is 5.69. The van der Waals surface area contributed by atoms with E-state index in [1.807, 2.05) is 18.2 Å². The Labute approximate surface area is 98.0 Å². The van der Waals surface area contributed by atoms with Crippen LogP contribution in [0.25, 0.3) is 0 Å². The predicted octanol–water partition coefficient (Wildman–Crippen LogP) is 2.81. The Morgan fingerprint density at radius 3 is 2.81 bits per heavy atom. The van der Waals surface area contributed by atoms with Crippen molar-refractivity contribution in [3.63, 3.8) is 0 Å². The molecule has 0 radical (unpaired) electrons. The second-order valence-electron chi connectivity index (χ2n) is 3.97. The molecule has 0 saturated heterocycles. The van der Waals surface area contributed by atoms with Crippen LogP contribution in [0.15, 0.2) is 18.2 Å². The highest BCUT2D eigenvalue weighted by molar-refractivity contribution is 5.57. The van der Waals surface area contributed by atoms with Gasteiger partial charge >= 0.3 is 0 Å². The summed E-state index contributed by atoms with van der Waals surface area (Å²) in [5, 5.41) is 3.38. The van der Waals surface area contributed by atoms with Crippen LogP contribution < -0.4 is 11.1 Å². The molecule has 1 aromatic rings. The van der Waals surface area contributed by atoms with E-state index in [1.54, 1.807) is 0 Å². The lowest BCUT2D eigenvalue weighted by molar-refractivity contribution is 0.134. The minimum atomic E-state index is 0.814. The maximum Gasteiger partial charge on any atom is 0.0482 e. The number of nitrogen functional groups attached to an aromatic ring is 1. The van der Waals surface area contributed by atoms with E-state index < -0.39 is 0 Å². The monoisotopic (exact) mass is 222 g/mol. The Morgan fingerprint density at radius 1 is 1.31 bits per heavy atom. The summed E-state index contributed by atoms with van der Waals surface area (Å²) in [6.07, 6.45) is 2.12. The highest BCUT2D eigenvalue weighted by Gasteiger charge is 1.97. The fourth-order valence-electron chi connectivity index (χ4n) is 1.53. The number of hydrogen-bond acceptors (Lipinski definition) is 3. The molecule has 0 amide bonds. The molecule has 0 aliphatic heterocycles. The molecule has 3 nitrogen and oxygen atoms in total. The van der Waals surface area contributed by atoms with Crippen molar-refractivity contribution in [1.29, 1.82) is 0 Å². The minimum Gasteiger partial charge on any atom is -0.399 e. The molecular formula is C13H22N2O. The second kappa shape index (κ2) is 7.12.